The molecule has 0 aliphatic rings. The van der Waals surface area contributed by atoms with Crippen molar-refractivity contribution in [3.8, 4) is 0 Å². The summed E-state index contributed by atoms with van der Waals surface area (Å²) in [5.74, 6) is 0. The van der Waals surface area contributed by atoms with E-state index in [9.17, 15) is 5.11 Å². The van der Waals surface area contributed by atoms with Crippen molar-refractivity contribution in [1.29, 1.82) is 0 Å². The monoisotopic (exact) mass is 255 g/mol. The van der Waals surface area contributed by atoms with Crippen LogP contribution in [-0.4, -0.2) is 17.8 Å². The molecule has 0 fully saturated rings. The van der Waals surface area contributed by atoms with Gasteiger partial charge in [0.2, 0.25) is 0 Å². The topological polar surface area (TPSA) is 32.3 Å². The zero-order valence-corrected chi connectivity index (χ0v) is 11.6. The number of benzene rings is 1. The molecule has 0 spiro atoms. The van der Waals surface area contributed by atoms with Gasteiger partial charge in [0, 0.05) is 18.1 Å². The minimum absolute atomic E-state index is 0.112. The third-order valence-electron chi connectivity index (χ3n) is 2.69. The van der Waals surface area contributed by atoms with Gasteiger partial charge < -0.3 is 10.4 Å². The van der Waals surface area contributed by atoms with E-state index in [-0.39, 0.29) is 11.5 Å². The van der Waals surface area contributed by atoms with E-state index in [4.69, 9.17) is 11.6 Å². The van der Waals surface area contributed by atoms with Gasteiger partial charge in [-0.1, -0.05) is 37.6 Å². The van der Waals surface area contributed by atoms with Crippen LogP contribution < -0.4 is 5.32 Å². The summed E-state index contributed by atoms with van der Waals surface area (Å²) in [4.78, 5) is 0. The van der Waals surface area contributed by atoms with E-state index in [1.165, 1.54) is 5.56 Å². The van der Waals surface area contributed by atoms with Gasteiger partial charge in [0.25, 0.3) is 0 Å². The molecule has 1 rings (SSSR count). The van der Waals surface area contributed by atoms with Crippen molar-refractivity contribution in [1.82, 2.24) is 5.32 Å². The molecule has 17 heavy (non-hydrogen) atoms. The highest BCUT2D eigenvalue weighted by atomic mass is 35.5. The predicted molar refractivity (Wildman–Crippen MR) is 73.2 cm³/mol. The highest BCUT2D eigenvalue weighted by Crippen LogP contribution is 2.21. The molecular weight excluding hydrogens is 234 g/mol. The summed E-state index contributed by atoms with van der Waals surface area (Å²) in [7, 11) is 0. The molecule has 1 aromatic carbocycles. The second kappa shape index (κ2) is 6.39. The van der Waals surface area contributed by atoms with Crippen LogP contribution in [0.15, 0.2) is 24.3 Å². The van der Waals surface area contributed by atoms with Crippen LogP contribution in [0.3, 0.4) is 0 Å². The largest absolute Gasteiger partial charge is 0.393 e. The van der Waals surface area contributed by atoms with Crippen LogP contribution in [0.2, 0.25) is 5.02 Å². The second-order valence-corrected chi connectivity index (χ2v) is 5.88. The number of rotatable bonds is 6. The Labute approximate surface area is 109 Å². The Morgan fingerprint density at radius 2 is 1.88 bits per heavy atom. The molecule has 0 heterocycles. The summed E-state index contributed by atoms with van der Waals surface area (Å²) < 4.78 is 0. The first-order valence-electron chi connectivity index (χ1n) is 6.02. The maximum Gasteiger partial charge on any atom is 0.0517 e. The smallest absolute Gasteiger partial charge is 0.0517 e. The lowest BCUT2D eigenvalue weighted by molar-refractivity contribution is 0.128. The second-order valence-electron chi connectivity index (χ2n) is 5.45. The summed E-state index contributed by atoms with van der Waals surface area (Å²) in [5.41, 5.74) is 1.34. The fourth-order valence-corrected chi connectivity index (χ4v) is 2.15. The molecular formula is C14H22ClNO. The molecule has 0 bridgehead atoms. The molecule has 0 amide bonds. The van der Waals surface area contributed by atoms with Gasteiger partial charge in [0.15, 0.2) is 0 Å². The van der Waals surface area contributed by atoms with Crippen LogP contribution in [-0.2, 0) is 6.54 Å². The van der Waals surface area contributed by atoms with Crippen molar-refractivity contribution < 1.29 is 5.11 Å². The summed E-state index contributed by atoms with van der Waals surface area (Å²) in [5, 5.41) is 13.6. The molecule has 0 aliphatic heterocycles. The Bertz CT molecular complexity index is 333. The molecule has 1 aromatic rings. The van der Waals surface area contributed by atoms with Crippen LogP contribution in [0.4, 0.5) is 0 Å². The van der Waals surface area contributed by atoms with Crippen molar-refractivity contribution in [2.75, 3.05) is 6.54 Å². The van der Waals surface area contributed by atoms with Crippen molar-refractivity contribution in [3.05, 3.63) is 34.9 Å². The Kier molecular flexibility index (Phi) is 5.44. The van der Waals surface area contributed by atoms with E-state index >= 15 is 0 Å². The number of aliphatic hydroxyl groups is 1. The number of aliphatic hydroxyl groups excluding tert-OH is 1. The van der Waals surface area contributed by atoms with E-state index in [1.54, 1.807) is 0 Å². The Morgan fingerprint density at radius 3 is 2.41 bits per heavy atom. The Morgan fingerprint density at radius 1 is 1.29 bits per heavy atom. The summed E-state index contributed by atoms with van der Waals surface area (Å²) in [6.45, 7) is 7.88. The number of hydrogen-bond donors (Lipinski definition) is 2. The fourth-order valence-electron chi connectivity index (χ4n) is 2.02. The zero-order chi connectivity index (χ0) is 12.9. The van der Waals surface area contributed by atoms with Gasteiger partial charge in [-0.25, -0.2) is 0 Å². The van der Waals surface area contributed by atoms with Crippen LogP contribution in [0.25, 0.3) is 0 Å². The van der Waals surface area contributed by atoms with Crippen molar-refractivity contribution >= 4 is 11.6 Å². The molecule has 1 unspecified atom stereocenters. The van der Waals surface area contributed by atoms with E-state index < -0.39 is 0 Å². The van der Waals surface area contributed by atoms with Crippen molar-refractivity contribution in [2.24, 2.45) is 5.41 Å². The third kappa shape index (κ3) is 6.06. The third-order valence-corrected chi connectivity index (χ3v) is 2.95. The highest BCUT2D eigenvalue weighted by Gasteiger charge is 2.19. The molecule has 0 radical (unpaired) electrons. The van der Waals surface area contributed by atoms with Gasteiger partial charge in [-0.3, -0.25) is 0 Å². The quantitative estimate of drug-likeness (QED) is 0.818. The maximum atomic E-state index is 9.39. The molecule has 2 N–H and O–H groups in total. The normalized spacial score (nSPS) is 13.7. The lowest BCUT2D eigenvalue weighted by Crippen LogP contribution is -2.31. The lowest BCUT2D eigenvalue weighted by atomic mass is 9.87. The number of halogens is 1. The van der Waals surface area contributed by atoms with Crippen molar-refractivity contribution in [2.45, 2.75) is 39.8 Å². The summed E-state index contributed by atoms with van der Waals surface area (Å²) >= 11 is 5.83. The average Bonchev–Trinajstić information content (AvgIpc) is 2.18. The van der Waals surface area contributed by atoms with E-state index in [2.05, 4.69) is 19.2 Å². The molecule has 0 aromatic heterocycles. The Balaban J connectivity index is 2.34. The minimum atomic E-state index is -0.248. The van der Waals surface area contributed by atoms with Gasteiger partial charge in [-0.15, -0.1) is 0 Å². The molecule has 0 saturated carbocycles. The summed E-state index contributed by atoms with van der Waals surface area (Å²) in [6.07, 6.45) is 0.558. The van der Waals surface area contributed by atoms with E-state index in [0.29, 0.717) is 0 Å². The van der Waals surface area contributed by atoms with Crippen LogP contribution >= 0.6 is 11.6 Å². The first-order valence-corrected chi connectivity index (χ1v) is 6.40. The van der Waals surface area contributed by atoms with Crippen LogP contribution in [0.5, 0.6) is 0 Å². The molecule has 1 atom stereocenters. The first-order chi connectivity index (χ1) is 7.89. The average molecular weight is 256 g/mol. The minimum Gasteiger partial charge on any atom is -0.393 e. The molecule has 2 nitrogen and oxygen atoms in total. The Hall–Kier alpha value is -0.570. The molecule has 0 saturated heterocycles. The SMILES string of the molecule is CC(O)CC(C)(C)CNCc1ccc(Cl)cc1. The zero-order valence-electron chi connectivity index (χ0n) is 10.8. The van der Waals surface area contributed by atoms with Gasteiger partial charge in [-0.05, 0) is 36.5 Å². The maximum absolute atomic E-state index is 9.39. The van der Waals surface area contributed by atoms with Crippen LogP contribution in [0, 0.1) is 5.41 Å². The van der Waals surface area contributed by atoms with E-state index in [0.717, 1.165) is 24.5 Å². The highest BCUT2D eigenvalue weighted by molar-refractivity contribution is 6.30. The summed E-state index contributed by atoms with van der Waals surface area (Å²) in [6, 6.07) is 7.85. The molecule has 96 valence electrons. The fraction of sp³-hybridized carbons (Fsp3) is 0.571. The van der Waals surface area contributed by atoms with Crippen molar-refractivity contribution in [3.63, 3.8) is 0 Å². The number of hydrogen-bond acceptors (Lipinski definition) is 2. The lowest BCUT2D eigenvalue weighted by Gasteiger charge is -2.26. The van der Waals surface area contributed by atoms with Crippen LogP contribution in [0.1, 0.15) is 32.8 Å². The number of nitrogens with one attached hydrogen (secondary N) is 1. The van der Waals surface area contributed by atoms with Gasteiger partial charge >= 0.3 is 0 Å². The van der Waals surface area contributed by atoms with Gasteiger partial charge in [0.05, 0.1) is 6.10 Å². The standard InChI is InChI=1S/C14H22ClNO/c1-11(17)8-14(2,3)10-16-9-12-4-6-13(15)7-5-12/h4-7,11,16-17H,8-10H2,1-3H3. The van der Waals surface area contributed by atoms with E-state index in [1.807, 2.05) is 31.2 Å². The van der Waals surface area contributed by atoms with Gasteiger partial charge in [0.1, 0.15) is 0 Å². The molecule has 0 aliphatic carbocycles. The first kappa shape index (κ1) is 14.5. The predicted octanol–water partition coefficient (Wildman–Crippen LogP) is 3.23. The molecule has 3 heteroatoms. The van der Waals surface area contributed by atoms with Gasteiger partial charge in [-0.2, -0.15) is 0 Å².